The van der Waals surface area contributed by atoms with Crippen LogP contribution in [0.5, 0.6) is 0 Å². The molecule has 5 rings (SSSR count). The quantitative estimate of drug-likeness (QED) is 0.210. The smallest absolute Gasteiger partial charge is 0.274 e. The number of nitrogens with one attached hydrogen (secondary N) is 3. The van der Waals surface area contributed by atoms with E-state index in [1.54, 1.807) is 17.0 Å². The summed E-state index contributed by atoms with van der Waals surface area (Å²) in [7, 11) is 0. The molecule has 2 fully saturated rings. The van der Waals surface area contributed by atoms with E-state index >= 15 is 0 Å². The van der Waals surface area contributed by atoms with Gasteiger partial charge in [-0.15, -0.1) is 11.3 Å². The van der Waals surface area contributed by atoms with Gasteiger partial charge in [0.05, 0.1) is 37.0 Å². The largest absolute Gasteiger partial charge is 0.379 e. The molecule has 3 aromatic rings. The second-order valence-electron chi connectivity index (χ2n) is 13.1. The van der Waals surface area contributed by atoms with Gasteiger partial charge in [0.15, 0.2) is 17.2 Å². The van der Waals surface area contributed by atoms with Gasteiger partial charge in [0.25, 0.3) is 5.91 Å². The molecule has 1 aliphatic carbocycles. The van der Waals surface area contributed by atoms with Crippen molar-refractivity contribution in [3.63, 3.8) is 0 Å². The third-order valence-electron chi connectivity index (χ3n) is 8.64. The minimum Gasteiger partial charge on any atom is -0.379 e. The molecule has 0 spiro atoms. The first-order valence-corrected chi connectivity index (χ1v) is 17.2. The highest BCUT2D eigenvalue weighted by molar-refractivity contribution is 7.07. The van der Waals surface area contributed by atoms with Crippen molar-refractivity contribution < 1.29 is 28.4 Å². The Kier molecular flexibility index (Phi) is 11.5. The van der Waals surface area contributed by atoms with Gasteiger partial charge in [-0.1, -0.05) is 56.3 Å². The lowest BCUT2D eigenvalue weighted by Crippen LogP contribution is -2.57. The van der Waals surface area contributed by atoms with E-state index in [2.05, 4.69) is 31.0 Å². The third kappa shape index (κ3) is 9.78. The number of hydrogen-bond acceptors (Lipinski definition) is 10. The summed E-state index contributed by atoms with van der Waals surface area (Å²) in [6, 6.07) is 8.21. The average molecular weight is 665 g/mol. The number of amides is 3. The lowest BCUT2D eigenvalue weighted by Gasteiger charge is -2.27. The van der Waals surface area contributed by atoms with Crippen LogP contribution in [0.4, 0.5) is 0 Å². The molecule has 2 aliphatic rings. The summed E-state index contributed by atoms with van der Waals surface area (Å²) in [6.45, 7) is 9.21. The fourth-order valence-corrected chi connectivity index (χ4v) is 6.20. The highest BCUT2D eigenvalue weighted by Crippen LogP contribution is 2.47. The van der Waals surface area contributed by atoms with Crippen molar-refractivity contribution in [2.24, 2.45) is 11.3 Å². The second kappa shape index (κ2) is 15.8. The molecule has 1 saturated carbocycles. The van der Waals surface area contributed by atoms with Gasteiger partial charge < -0.3 is 25.2 Å². The molecule has 47 heavy (non-hydrogen) atoms. The highest BCUT2D eigenvalue weighted by Gasteiger charge is 2.48. The molecule has 0 bridgehead atoms. The summed E-state index contributed by atoms with van der Waals surface area (Å²) in [4.78, 5) is 61.0. The van der Waals surface area contributed by atoms with Crippen LogP contribution in [0.2, 0.25) is 0 Å². The normalized spacial score (nSPS) is 17.8. The van der Waals surface area contributed by atoms with Crippen LogP contribution in [0.3, 0.4) is 0 Å². The van der Waals surface area contributed by atoms with Crippen LogP contribution in [-0.4, -0.2) is 83.0 Å². The van der Waals surface area contributed by atoms with Crippen molar-refractivity contribution >= 4 is 34.8 Å². The highest BCUT2D eigenvalue weighted by atomic mass is 32.1. The molecule has 0 unspecified atom stereocenters. The fraction of sp³-hybridized carbons (Fsp3) is 0.529. The summed E-state index contributed by atoms with van der Waals surface area (Å²) < 4.78 is 10.8. The minimum atomic E-state index is -1.06. The van der Waals surface area contributed by atoms with Crippen molar-refractivity contribution in [3.05, 3.63) is 70.0 Å². The zero-order chi connectivity index (χ0) is 33.4. The molecule has 1 aliphatic heterocycles. The van der Waals surface area contributed by atoms with Gasteiger partial charge in [0.2, 0.25) is 11.8 Å². The van der Waals surface area contributed by atoms with Crippen LogP contribution in [0, 0.1) is 11.3 Å². The maximum absolute atomic E-state index is 13.9. The lowest BCUT2D eigenvalue weighted by molar-refractivity contribution is -0.133. The number of aromatic nitrogens is 2. The Morgan fingerprint density at radius 2 is 1.64 bits per heavy atom. The third-order valence-corrected chi connectivity index (χ3v) is 9.28. The van der Waals surface area contributed by atoms with Crippen molar-refractivity contribution in [3.8, 4) is 0 Å². The SMILES string of the molecule is CC(C)C[C@H](NC(=O)[C@H](Cc1ccccc1)NC(=O)[C@H](Cc1cscn1)NC(=O)c1cc(CN2CCOCC2)on1)C(=O)C1(C)CC1. The minimum absolute atomic E-state index is 0.0265. The number of hydrogen-bond donors (Lipinski definition) is 3. The van der Waals surface area contributed by atoms with Gasteiger partial charge in [0, 0.05) is 42.8 Å². The van der Waals surface area contributed by atoms with Gasteiger partial charge in [-0.25, -0.2) is 4.98 Å². The maximum Gasteiger partial charge on any atom is 0.274 e. The van der Waals surface area contributed by atoms with Crippen LogP contribution < -0.4 is 16.0 Å². The van der Waals surface area contributed by atoms with E-state index in [1.807, 2.05) is 51.1 Å². The van der Waals surface area contributed by atoms with E-state index in [1.165, 1.54) is 11.3 Å². The number of benzene rings is 1. The predicted octanol–water partition coefficient (Wildman–Crippen LogP) is 2.93. The van der Waals surface area contributed by atoms with E-state index in [9.17, 15) is 19.2 Å². The number of thiazole rings is 1. The average Bonchev–Trinajstić information content (AvgIpc) is 3.39. The number of morpholine rings is 1. The topological polar surface area (TPSA) is 156 Å². The standard InChI is InChI=1S/C34H44N6O6S/c1-22(2)15-26(30(41)34(3)9-10-34)36-31(42)27(16-23-7-5-4-6-8-23)37-32(43)28(17-24-20-47-21-35-24)38-33(44)29-18-25(46-39-29)19-40-11-13-45-14-12-40/h4-8,18,20-22,26-28H,9-17,19H2,1-3H3,(H,36,42)(H,37,43)(H,38,44)/t26-,27-,28-/m0/s1. The van der Waals surface area contributed by atoms with Crippen molar-refractivity contribution in [1.29, 1.82) is 0 Å². The van der Waals surface area contributed by atoms with Gasteiger partial charge >= 0.3 is 0 Å². The van der Waals surface area contributed by atoms with E-state index < -0.39 is 41.3 Å². The first-order chi connectivity index (χ1) is 22.6. The Morgan fingerprint density at radius 3 is 2.28 bits per heavy atom. The van der Waals surface area contributed by atoms with Gasteiger partial charge in [-0.05, 0) is 30.7 Å². The maximum atomic E-state index is 13.9. The summed E-state index contributed by atoms with van der Waals surface area (Å²) in [5.41, 5.74) is 2.74. The number of ether oxygens (including phenoxy) is 1. The summed E-state index contributed by atoms with van der Waals surface area (Å²) in [6.07, 6.45) is 2.41. The summed E-state index contributed by atoms with van der Waals surface area (Å²) in [5.74, 6) is -0.853. The first-order valence-electron chi connectivity index (χ1n) is 16.2. The molecule has 252 valence electrons. The van der Waals surface area contributed by atoms with Crippen LogP contribution >= 0.6 is 11.3 Å². The molecular formula is C34H44N6O6S. The predicted molar refractivity (Wildman–Crippen MR) is 175 cm³/mol. The Labute approximate surface area is 279 Å². The number of nitrogens with zero attached hydrogens (tertiary/aromatic N) is 3. The van der Waals surface area contributed by atoms with Gasteiger partial charge in [-0.2, -0.15) is 0 Å². The number of carbonyl (C=O) groups is 4. The molecule has 1 saturated heterocycles. The number of Topliss-reactive ketones (excluding diaryl/α,β-unsaturated/α-hetero) is 1. The molecule has 1 aromatic carbocycles. The number of ketones is 1. The Morgan fingerprint density at radius 1 is 0.957 bits per heavy atom. The number of rotatable bonds is 16. The van der Waals surface area contributed by atoms with Gasteiger partial charge in [-0.3, -0.25) is 24.1 Å². The van der Waals surface area contributed by atoms with Crippen LogP contribution in [0.25, 0.3) is 0 Å². The Hall–Kier alpha value is -3.94. The molecule has 3 heterocycles. The van der Waals surface area contributed by atoms with Crippen molar-refractivity contribution in [2.75, 3.05) is 26.3 Å². The second-order valence-corrected chi connectivity index (χ2v) is 13.9. The molecule has 13 heteroatoms. The molecule has 3 N–H and O–H groups in total. The molecular weight excluding hydrogens is 620 g/mol. The Balaban J connectivity index is 1.32. The first kappa shape index (κ1) is 34.4. The zero-order valence-electron chi connectivity index (χ0n) is 27.2. The zero-order valence-corrected chi connectivity index (χ0v) is 28.0. The van der Waals surface area contributed by atoms with Crippen LogP contribution in [0.1, 0.15) is 67.5 Å². The lowest BCUT2D eigenvalue weighted by atomic mass is 9.91. The summed E-state index contributed by atoms with van der Waals surface area (Å²) >= 11 is 1.38. The van der Waals surface area contributed by atoms with Gasteiger partial charge in [0.1, 0.15) is 12.1 Å². The molecule has 2 aromatic heterocycles. The fourth-order valence-electron chi connectivity index (χ4n) is 5.62. The van der Waals surface area contributed by atoms with Crippen LogP contribution in [0.15, 0.2) is 51.8 Å². The summed E-state index contributed by atoms with van der Waals surface area (Å²) in [5, 5.41) is 14.4. The van der Waals surface area contributed by atoms with Crippen molar-refractivity contribution in [1.82, 2.24) is 31.0 Å². The Bertz CT molecular complexity index is 1500. The molecule has 3 atom stereocenters. The van der Waals surface area contributed by atoms with E-state index in [-0.39, 0.29) is 30.2 Å². The molecule has 12 nitrogen and oxygen atoms in total. The van der Waals surface area contributed by atoms with E-state index in [0.717, 1.165) is 31.5 Å². The monoisotopic (exact) mass is 664 g/mol. The molecule has 3 amide bonds. The van der Waals surface area contributed by atoms with Crippen LogP contribution in [-0.2, 0) is 38.5 Å². The van der Waals surface area contributed by atoms with Crippen molar-refractivity contribution in [2.45, 2.75) is 77.5 Å². The number of carbonyl (C=O) groups excluding carboxylic acids is 4. The molecule has 0 radical (unpaired) electrons. The van der Waals surface area contributed by atoms with E-state index in [0.29, 0.717) is 37.6 Å². The van der Waals surface area contributed by atoms with E-state index in [4.69, 9.17) is 9.26 Å².